The SMILES string of the molecule is CC(C)C(=O)Nc1ccc(C(=O)N2CCN(S(=O)(=O)c3ccc(F)c(F)c3F)CC2)cc1. The molecule has 2 aromatic rings. The molecule has 0 aromatic heterocycles. The Hall–Kier alpha value is -2.92. The molecular weight excluding hydrogens is 447 g/mol. The number of nitrogens with one attached hydrogen (secondary N) is 1. The largest absolute Gasteiger partial charge is 0.336 e. The molecule has 1 aliphatic heterocycles. The van der Waals surface area contributed by atoms with Crippen LogP contribution in [0.4, 0.5) is 18.9 Å². The van der Waals surface area contributed by atoms with E-state index in [0.29, 0.717) is 23.4 Å². The van der Waals surface area contributed by atoms with Crippen LogP contribution < -0.4 is 5.32 Å². The van der Waals surface area contributed by atoms with Gasteiger partial charge in [-0.1, -0.05) is 13.8 Å². The number of benzene rings is 2. The first-order chi connectivity index (χ1) is 15.0. The summed E-state index contributed by atoms with van der Waals surface area (Å²) in [6.07, 6.45) is 0. The van der Waals surface area contributed by atoms with E-state index in [-0.39, 0.29) is 43.9 Å². The third-order valence-electron chi connectivity index (χ3n) is 5.07. The number of halogens is 3. The fourth-order valence-corrected chi connectivity index (χ4v) is 4.62. The minimum Gasteiger partial charge on any atom is -0.336 e. The van der Waals surface area contributed by atoms with Gasteiger partial charge in [-0.25, -0.2) is 21.6 Å². The second kappa shape index (κ2) is 9.29. The molecule has 2 aromatic carbocycles. The van der Waals surface area contributed by atoms with Gasteiger partial charge in [0.2, 0.25) is 15.9 Å². The van der Waals surface area contributed by atoms with Crippen molar-refractivity contribution in [3.8, 4) is 0 Å². The highest BCUT2D eigenvalue weighted by molar-refractivity contribution is 7.89. The molecule has 1 aliphatic rings. The standard InChI is InChI=1S/C21H22F3N3O4S/c1-13(2)20(28)25-15-5-3-14(4-6-15)21(29)26-9-11-27(12-10-26)32(30,31)17-8-7-16(22)18(23)19(17)24/h3-8,13H,9-12H2,1-2H3,(H,25,28). The summed E-state index contributed by atoms with van der Waals surface area (Å²) in [4.78, 5) is 25.0. The molecule has 1 saturated heterocycles. The van der Waals surface area contributed by atoms with Crippen molar-refractivity contribution in [2.45, 2.75) is 18.7 Å². The normalized spacial score (nSPS) is 15.1. The number of sulfonamides is 1. The molecule has 0 unspecified atom stereocenters. The van der Waals surface area contributed by atoms with Crippen molar-refractivity contribution in [3.05, 3.63) is 59.4 Å². The quantitative estimate of drug-likeness (QED) is 0.683. The van der Waals surface area contributed by atoms with Gasteiger partial charge in [-0.15, -0.1) is 0 Å². The van der Waals surface area contributed by atoms with Crippen LogP contribution in [-0.2, 0) is 14.8 Å². The Labute approximate surface area is 183 Å². The molecule has 0 bridgehead atoms. The summed E-state index contributed by atoms with van der Waals surface area (Å²) in [5.74, 6) is -5.78. The van der Waals surface area contributed by atoms with Gasteiger partial charge >= 0.3 is 0 Å². The summed E-state index contributed by atoms with van der Waals surface area (Å²) < 4.78 is 66.8. The monoisotopic (exact) mass is 469 g/mol. The highest BCUT2D eigenvalue weighted by Crippen LogP contribution is 2.24. The van der Waals surface area contributed by atoms with Gasteiger partial charge in [-0.3, -0.25) is 9.59 Å². The lowest BCUT2D eigenvalue weighted by atomic mass is 10.1. The number of carbonyl (C=O) groups is 2. The molecule has 1 heterocycles. The fourth-order valence-electron chi connectivity index (χ4n) is 3.14. The van der Waals surface area contributed by atoms with Crippen LogP contribution >= 0.6 is 0 Å². The Morgan fingerprint density at radius 2 is 1.50 bits per heavy atom. The van der Waals surface area contributed by atoms with Crippen LogP contribution in [0.5, 0.6) is 0 Å². The van der Waals surface area contributed by atoms with Crippen molar-refractivity contribution in [2.75, 3.05) is 31.5 Å². The smallest absolute Gasteiger partial charge is 0.253 e. The highest BCUT2D eigenvalue weighted by atomic mass is 32.2. The average molecular weight is 469 g/mol. The highest BCUT2D eigenvalue weighted by Gasteiger charge is 2.33. The van der Waals surface area contributed by atoms with Crippen LogP contribution in [0, 0.1) is 23.4 Å². The van der Waals surface area contributed by atoms with Crippen LogP contribution in [0.25, 0.3) is 0 Å². The number of hydrogen-bond donors (Lipinski definition) is 1. The predicted molar refractivity (Wildman–Crippen MR) is 111 cm³/mol. The van der Waals surface area contributed by atoms with Gasteiger partial charge in [-0.05, 0) is 36.4 Å². The summed E-state index contributed by atoms with van der Waals surface area (Å²) >= 11 is 0. The number of carbonyl (C=O) groups excluding carboxylic acids is 2. The number of anilines is 1. The topological polar surface area (TPSA) is 86.8 Å². The van der Waals surface area contributed by atoms with E-state index in [1.54, 1.807) is 38.1 Å². The number of piperazine rings is 1. The van der Waals surface area contributed by atoms with E-state index in [1.807, 2.05) is 0 Å². The Morgan fingerprint density at radius 3 is 2.06 bits per heavy atom. The van der Waals surface area contributed by atoms with E-state index in [9.17, 15) is 31.2 Å². The lowest BCUT2D eigenvalue weighted by Gasteiger charge is -2.34. The van der Waals surface area contributed by atoms with Crippen molar-refractivity contribution in [1.82, 2.24) is 9.21 Å². The van der Waals surface area contributed by atoms with Crippen LogP contribution in [0.3, 0.4) is 0 Å². The Kier molecular flexibility index (Phi) is 6.89. The second-order valence-electron chi connectivity index (χ2n) is 7.59. The lowest BCUT2D eigenvalue weighted by molar-refractivity contribution is -0.118. The van der Waals surface area contributed by atoms with E-state index >= 15 is 0 Å². The average Bonchev–Trinajstić information content (AvgIpc) is 2.77. The maximum Gasteiger partial charge on any atom is 0.253 e. The lowest BCUT2D eigenvalue weighted by Crippen LogP contribution is -2.50. The molecule has 2 amide bonds. The molecule has 3 rings (SSSR count). The van der Waals surface area contributed by atoms with Gasteiger partial charge in [0.1, 0.15) is 4.90 Å². The van der Waals surface area contributed by atoms with Gasteiger partial charge in [-0.2, -0.15) is 4.31 Å². The Bertz CT molecular complexity index is 1130. The van der Waals surface area contributed by atoms with E-state index in [0.717, 1.165) is 4.31 Å². The molecule has 0 aliphatic carbocycles. The zero-order chi connectivity index (χ0) is 23.6. The summed E-state index contributed by atoms with van der Waals surface area (Å²) in [6, 6.07) is 7.54. The molecule has 1 N–H and O–H groups in total. The fraction of sp³-hybridized carbons (Fsp3) is 0.333. The maximum atomic E-state index is 14.0. The first-order valence-electron chi connectivity index (χ1n) is 9.86. The van der Waals surface area contributed by atoms with Crippen molar-refractivity contribution >= 4 is 27.5 Å². The molecule has 1 fully saturated rings. The molecule has 0 saturated carbocycles. The Balaban J connectivity index is 1.66. The van der Waals surface area contributed by atoms with Gasteiger partial charge < -0.3 is 10.2 Å². The number of rotatable bonds is 5. The van der Waals surface area contributed by atoms with Crippen LogP contribution in [-0.4, -0.2) is 55.6 Å². The first kappa shape index (κ1) is 23.7. The molecule has 7 nitrogen and oxygen atoms in total. The Morgan fingerprint density at radius 1 is 0.906 bits per heavy atom. The van der Waals surface area contributed by atoms with Gasteiger partial charge in [0, 0.05) is 43.3 Å². The van der Waals surface area contributed by atoms with Gasteiger partial charge in [0.25, 0.3) is 5.91 Å². The summed E-state index contributed by atoms with van der Waals surface area (Å²) in [7, 11) is -4.40. The molecule has 32 heavy (non-hydrogen) atoms. The number of amides is 2. The third-order valence-corrected chi connectivity index (χ3v) is 6.98. The summed E-state index contributed by atoms with van der Waals surface area (Å²) in [5.41, 5.74) is 0.903. The molecule has 0 spiro atoms. The van der Waals surface area contributed by atoms with E-state index in [1.165, 1.54) is 4.90 Å². The molecular formula is C21H22F3N3O4S. The zero-order valence-corrected chi connectivity index (χ0v) is 18.3. The van der Waals surface area contributed by atoms with Crippen LogP contribution in [0.2, 0.25) is 0 Å². The maximum absolute atomic E-state index is 14.0. The minimum atomic E-state index is -4.40. The minimum absolute atomic E-state index is 0.0369. The second-order valence-corrected chi connectivity index (χ2v) is 9.50. The third kappa shape index (κ3) is 4.78. The van der Waals surface area contributed by atoms with Crippen LogP contribution in [0.1, 0.15) is 24.2 Å². The molecule has 172 valence electrons. The van der Waals surface area contributed by atoms with Crippen LogP contribution in [0.15, 0.2) is 41.3 Å². The number of nitrogens with zero attached hydrogens (tertiary/aromatic N) is 2. The van der Waals surface area contributed by atoms with Gasteiger partial charge in [0.15, 0.2) is 17.5 Å². The zero-order valence-electron chi connectivity index (χ0n) is 17.4. The predicted octanol–water partition coefficient (Wildman–Crippen LogP) is 2.85. The first-order valence-corrected chi connectivity index (χ1v) is 11.3. The van der Waals surface area contributed by atoms with Crippen molar-refractivity contribution in [3.63, 3.8) is 0 Å². The van der Waals surface area contributed by atoms with Crippen molar-refractivity contribution < 1.29 is 31.2 Å². The molecule has 11 heteroatoms. The molecule has 0 radical (unpaired) electrons. The summed E-state index contributed by atoms with van der Waals surface area (Å²) in [6.45, 7) is 3.33. The van der Waals surface area contributed by atoms with E-state index in [4.69, 9.17) is 0 Å². The van der Waals surface area contributed by atoms with Gasteiger partial charge in [0.05, 0.1) is 0 Å². The molecule has 0 atom stereocenters. The van der Waals surface area contributed by atoms with E-state index in [2.05, 4.69) is 5.32 Å². The number of hydrogen-bond acceptors (Lipinski definition) is 4. The van der Waals surface area contributed by atoms with Crippen molar-refractivity contribution in [2.24, 2.45) is 5.92 Å². The summed E-state index contributed by atoms with van der Waals surface area (Å²) in [5, 5.41) is 2.72. The van der Waals surface area contributed by atoms with Crippen molar-refractivity contribution in [1.29, 1.82) is 0 Å². The van der Waals surface area contributed by atoms with E-state index < -0.39 is 32.4 Å².